The van der Waals surface area contributed by atoms with Crippen molar-refractivity contribution < 1.29 is 14.5 Å². The van der Waals surface area contributed by atoms with E-state index < -0.39 is 0 Å². The highest BCUT2D eigenvalue weighted by Crippen LogP contribution is 2.60. The van der Waals surface area contributed by atoms with E-state index in [4.69, 9.17) is 0 Å². The van der Waals surface area contributed by atoms with Crippen LogP contribution in [0.4, 0.5) is 0 Å². The van der Waals surface area contributed by atoms with Crippen LogP contribution in [0.3, 0.4) is 0 Å². The van der Waals surface area contributed by atoms with E-state index in [2.05, 4.69) is 48.5 Å². The van der Waals surface area contributed by atoms with E-state index >= 15 is 0 Å². The van der Waals surface area contributed by atoms with Gasteiger partial charge in [0.15, 0.2) is 6.67 Å². The first kappa shape index (κ1) is 16.5. The lowest BCUT2D eigenvalue weighted by molar-refractivity contribution is -0.912. The predicted molar refractivity (Wildman–Crippen MR) is 105 cm³/mol. The van der Waals surface area contributed by atoms with Crippen molar-refractivity contribution in [3.05, 3.63) is 70.8 Å². The summed E-state index contributed by atoms with van der Waals surface area (Å²) in [6.07, 6.45) is 3.66. The number of likely N-dealkylation sites (tertiary alicyclic amines) is 2. The highest BCUT2D eigenvalue weighted by Gasteiger charge is 2.61. The number of rotatable bonds is 2. The van der Waals surface area contributed by atoms with Gasteiger partial charge in [-0.3, -0.25) is 9.59 Å². The molecule has 2 amide bonds. The van der Waals surface area contributed by atoms with Crippen LogP contribution in [0.25, 0.3) is 0 Å². The molecule has 3 aliphatic carbocycles. The molecule has 0 spiro atoms. The molecule has 28 heavy (non-hydrogen) atoms. The lowest BCUT2D eigenvalue weighted by atomic mass is 9.55. The van der Waals surface area contributed by atoms with Crippen molar-refractivity contribution in [2.45, 2.75) is 31.1 Å². The van der Waals surface area contributed by atoms with Gasteiger partial charge in [-0.05, 0) is 41.5 Å². The van der Waals surface area contributed by atoms with Gasteiger partial charge in [-0.1, -0.05) is 48.5 Å². The average Bonchev–Trinajstić information content (AvgIpc) is 3.00. The fourth-order valence-corrected chi connectivity index (χ4v) is 6.33. The first-order valence-corrected chi connectivity index (χ1v) is 10.6. The lowest BCUT2D eigenvalue weighted by Gasteiger charge is -2.45. The van der Waals surface area contributed by atoms with Crippen LogP contribution in [0.15, 0.2) is 48.5 Å². The second-order valence-electron chi connectivity index (χ2n) is 8.84. The Kier molecular flexibility index (Phi) is 3.54. The summed E-state index contributed by atoms with van der Waals surface area (Å²) >= 11 is 0. The van der Waals surface area contributed by atoms with E-state index in [9.17, 15) is 9.59 Å². The molecule has 1 N–H and O–H groups in total. The second-order valence-corrected chi connectivity index (χ2v) is 8.84. The monoisotopic (exact) mass is 373 g/mol. The maximum absolute atomic E-state index is 13.5. The molecule has 0 aromatic heterocycles. The van der Waals surface area contributed by atoms with Gasteiger partial charge in [0, 0.05) is 11.8 Å². The van der Waals surface area contributed by atoms with Gasteiger partial charge in [-0.2, -0.15) is 0 Å². The number of quaternary nitrogens is 1. The van der Waals surface area contributed by atoms with Crippen LogP contribution in [0.2, 0.25) is 0 Å². The van der Waals surface area contributed by atoms with Crippen LogP contribution in [0, 0.1) is 11.8 Å². The number of hydrogen-bond acceptors (Lipinski definition) is 2. The molecule has 7 rings (SSSR count). The fourth-order valence-electron chi connectivity index (χ4n) is 6.33. The number of hydrogen-bond donors (Lipinski definition) is 1. The topological polar surface area (TPSA) is 41.8 Å². The van der Waals surface area contributed by atoms with Crippen molar-refractivity contribution in [1.29, 1.82) is 0 Å². The number of carbonyl (C=O) groups is 2. The maximum atomic E-state index is 13.5. The Bertz CT molecular complexity index is 863. The Labute approximate surface area is 165 Å². The van der Waals surface area contributed by atoms with E-state index in [1.54, 1.807) is 4.90 Å². The van der Waals surface area contributed by atoms with Gasteiger partial charge < -0.3 is 4.90 Å². The smallest absolute Gasteiger partial charge is 0.238 e. The molecule has 0 radical (unpaired) electrons. The van der Waals surface area contributed by atoms with Crippen molar-refractivity contribution in [2.75, 3.05) is 19.8 Å². The number of benzene rings is 2. The van der Waals surface area contributed by atoms with Gasteiger partial charge in [0.05, 0.1) is 24.9 Å². The number of nitrogens with one attached hydrogen (secondary N) is 1. The van der Waals surface area contributed by atoms with Crippen LogP contribution in [-0.2, 0) is 9.59 Å². The van der Waals surface area contributed by atoms with Crippen LogP contribution < -0.4 is 4.90 Å². The molecule has 4 nitrogen and oxygen atoms in total. The quantitative estimate of drug-likeness (QED) is 0.817. The molecule has 2 heterocycles. The molecular formula is C24H25N2O2+. The number of amides is 2. The van der Waals surface area contributed by atoms with Crippen molar-refractivity contribution >= 4 is 11.8 Å². The third kappa shape index (κ3) is 2.10. The van der Waals surface area contributed by atoms with Crippen LogP contribution >= 0.6 is 0 Å². The van der Waals surface area contributed by atoms with Gasteiger partial charge >= 0.3 is 0 Å². The van der Waals surface area contributed by atoms with Crippen LogP contribution in [0.1, 0.15) is 53.4 Å². The maximum Gasteiger partial charge on any atom is 0.238 e. The zero-order valence-electron chi connectivity index (χ0n) is 15.9. The zero-order valence-corrected chi connectivity index (χ0v) is 15.9. The summed E-state index contributed by atoms with van der Waals surface area (Å²) in [5.41, 5.74) is 5.00. The molecular weight excluding hydrogens is 348 g/mol. The standard InChI is InChI=1S/C24H24N2O2/c27-23-21-19-15-8-2-3-9-16(15)20(18-11-5-4-10-17(18)19)22(21)24(28)26(23)14-25-12-6-1-7-13-25/h2-5,8-11,19-22H,1,6-7,12-14H2/p+1/t19?,20?,21-,22-/m1/s1. The van der Waals surface area contributed by atoms with Crippen molar-refractivity contribution in [3.8, 4) is 0 Å². The third-order valence-corrected chi connectivity index (χ3v) is 7.48. The zero-order chi connectivity index (χ0) is 18.8. The van der Waals surface area contributed by atoms with Crippen LogP contribution in [-0.4, -0.2) is 36.5 Å². The highest BCUT2D eigenvalue weighted by molar-refractivity contribution is 6.07. The Balaban J connectivity index is 1.45. The highest BCUT2D eigenvalue weighted by atomic mass is 16.2. The van der Waals surface area contributed by atoms with Gasteiger partial charge in [0.2, 0.25) is 11.8 Å². The summed E-state index contributed by atoms with van der Waals surface area (Å²) in [5.74, 6) is -0.308. The SMILES string of the molecule is O=C1[C@@H]2C3c4ccccc4C(c4ccccc43)[C@H]2C(=O)N1C[NH+]1CCCCC1. The summed E-state index contributed by atoms with van der Waals surface area (Å²) in [4.78, 5) is 30.1. The lowest BCUT2D eigenvalue weighted by Crippen LogP contribution is -3.14. The number of piperidine rings is 1. The fraction of sp³-hybridized carbons (Fsp3) is 0.417. The molecule has 5 aliphatic rings. The van der Waals surface area contributed by atoms with Gasteiger partial charge in [0.1, 0.15) is 0 Å². The molecule has 2 bridgehead atoms. The average molecular weight is 373 g/mol. The van der Waals surface area contributed by atoms with Gasteiger partial charge in [0.25, 0.3) is 0 Å². The minimum Gasteiger partial charge on any atom is -0.317 e. The van der Waals surface area contributed by atoms with Crippen molar-refractivity contribution in [2.24, 2.45) is 11.8 Å². The molecule has 2 fully saturated rings. The largest absolute Gasteiger partial charge is 0.317 e. The summed E-state index contributed by atoms with van der Waals surface area (Å²) in [6.45, 7) is 2.69. The molecule has 0 unspecified atom stereocenters. The number of nitrogens with zero attached hydrogens (tertiary/aromatic N) is 1. The molecule has 2 saturated heterocycles. The van der Waals surface area contributed by atoms with Gasteiger partial charge in [-0.15, -0.1) is 0 Å². The number of carbonyl (C=O) groups excluding carboxylic acids is 2. The normalized spacial score (nSPS) is 30.9. The Hall–Kier alpha value is -2.46. The van der Waals surface area contributed by atoms with E-state index in [0.717, 1.165) is 13.1 Å². The summed E-state index contributed by atoms with van der Waals surface area (Å²) in [7, 11) is 0. The minimum atomic E-state index is -0.230. The Morgan fingerprint density at radius 2 is 1.14 bits per heavy atom. The molecule has 2 atom stereocenters. The van der Waals surface area contributed by atoms with Crippen molar-refractivity contribution in [3.63, 3.8) is 0 Å². The molecule has 142 valence electrons. The summed E-state index contributed by atoms with van der Waals surface area (Å²) in [5, 5.41) is 0. The molecule has 2 aliphatic heterocycles. The van der Waals surface area contributed by atoms with E-state index in [-0.39, 0.29) is 35.5 Å². The molecule has 0 saturated carbocycles. The summed E-state index contributed by atoms with van der Waals surface area (Å²) in [6, 6.07) is 16.9. The third-order valence-electron chi connectivity index (χ3n) is 7.48. The van der Waals surface area contributed by atoms with E-state index in [1.807, 2.05) is 0 Å². The molecule has 2 aromatic rings. The summed E-state index contributed by atoms with van der Waals surface area (Å²) < 4.78 is 0. The van der Waals surface area contributed by atoms with E-state index in [1.165, 1.54) is 46.4 Å². The van der Waals surface area contributed by atoms with Crippen molar-refractivity contribution in [1.82, 2.24) is 4.90 Å². The molecule has 4 heteroatoms. The Morgan fingerprint density at radius 3 is 1.57 bits per heavy atom. The number of imide groups is 1. The van der Waals surface area contributed by atoms with E-state index in [0.29, 0.717) is 6.67 Å². The first-order chi connectivity index (χ1) is 13.8. The predicted octanol–water partition coefficient (Wildman–Crippen LogP) is 1.90. The second kappa shape index (κ2) is 6.02. The van der Waals surface area contributed by atoms with Gasteiger partial charge in [-0.25, -0.2) is 4.90 Å². The van der Waals surface area contributed by atoms with Crippen LogP contribution in [0.5, 0.6) is 0 Å². The molecule has 2 aromatic carbocycles. The Morgan fingerprint density at radius 1 is 0.714 bits per heavy atom. The first-order valence-electron chi connectivity index (χ1n) is 10.6. The minimum absolute atomic E-state index is 0.0141.